The Bertz CT molecular complexity index is 501. The van der Waals surface area contributed by atoms with Crippen molar-refractivity contribution in [2.45, 2.75) is 26.3 Å². The molecule has 0 bridgehead atoms. The maximum atomic E-state index is 12.9. The van der Waals surface area contributed by atoms with Gasteiger partial charge in [0.25, 0.3) is 0 Å². The molecule has 3 heteroatoms. The van der Waals surface area contributed by atoms with Gasteiger partial charge in [0.2, 0.25) is 0 Å². The van der Waals surface area contributed by atoms with Crippen LogP contribution in [-0.2, 0) is 0 Å². The van der Waals surface area contributed by atoms with E-state index in [1.54, 1.807) is 11.3 Å². The smallest absolute Gasteiger partial charge is 0.123 e. The van der Waals surface area contributed by atoms with Crippen molar-refractivity contribution in [3.63, 3.8) is 0 Å². The molecule has 0 saturated carbocycles. The van der Waals surface area contributed by atoms with Crippen molar-refractivity contribution in [2.24, 2.45) is 5.73 Å². The molecule has 0 spiro atoms. The monoisotopic (exact) mass is 249 g/mol. The third-order valence-electron chi connectivity index (χ3n) is 2.85. The molecule has 0 radical (unpaired) electrons. The molecule has 1 aromatic carbocycles. The van der Waals surface area contributed by atoms with E-state index in [9.17, 15) is 4.39 Å². The molecule has 17 heavy (non-hydrogen) atoms. The molecular weight excluding hydrogens is 233 g/mol. The summed E-state index contributed by atoms with van der Waals surface area (Å²) in [5.74, 6) is -0.201. The second-order valence-electron chi connectivity index (χ2n) is 4.18. The summed E-state index contributed by atoms with van der Waals surface area (Å²) in [6.07, 6.45) is 0.933. The van der Waals surface area contributed by atoms with Crippen molar-refractivity contribution in [3.8, 4) is 10.4 Å². The molecule has 2 aromatic rings. The average molecular weight is 249 g/mol. The van der Waals surface area contributed by atoms with Crippen molar-refractivity contribution in [1.82, 2.24) is 0 Å². The van der Waals surface area contributed by atoms with Crippen molar-refractivity contribution in [3.05, 3.63) is 46.6 Å². The lowest BCUT2D eigenvalue weighted by Gasteiger charge is -2.03. The number of rotatable bonds is 3. The summed E-state index contributed by atoms with van der Waals surface area (Å²) in [6.45, 7) is 4.15. The molecule has 0 aliphatic heterocycles. The van der Waals surface area contributed by atoms with Gasteiger partial charge >= 0.3 is 0 Å². The fourth-order valence-electron chi connectivity index (χ4n) is 1.78. The molecule has 1 nitrogen and oxygen atoms in total. The topological polar surface area (TPSA) is 26.0 Å². The van der Waals surface area contributed by atoms with Gasteiger partial charge in [0.05, 0.1) is 0 Å². The van der Waals surface area contributed by atoms with Crippen molar-refractivity contribution < 1.29 is 4.39 Å². The quantitative estimate of drug-likeness (QED) is 0.863. The van der Waals surface area contributed by atoms with E-state index in [1.807, 2.05) is 12.1 Å². The van der Waals surface area contributed by atoms with Gasteiger partial charge in [-0.15, -0.1) is 11.3 Å². The van der Waals surface area contributed by atoms with Crippen molar-refractivity contribution in [1.29, 1.82) is 0 Å². The van der Waals surface area contributed by atoms with Gasteiger partial charge in [0.1, 0.15) is 5.82 Å². The van der Waals surface area contributed by atoms with E-state index in [1.165, 1.54) is 27.5 Å². The highest BCUT2D eigenvalue weighted by Gasteiger charge is 2.11. The molecule has 90 valence electrons. The zero-order chi connectivity index (χ0) is 12.4. The summed E-state index contributed by atoms with van der Waals surface area (Å²) in [7, 11) is 0. The first-order valence-electron chi connectivity index (χ1n) is 5.73. The Balaban J connectivity index is 2.39. The summed E-state index contributed by atoms with van der Waals surface area (Å²) in [5.41, 5.74) is 8.30. The van der Waals surface area contributed by atoms with E-state index in [0.717, 1.165) is 12.0 Å². The lowest BCUT2D eigenvalue weighted by Crippen LogP contribution is -2.05. The molecule has 2 rings (SSSR count). The highest BCUT2D eigenvalue weighted by molar-refractivity contribution is 7.15. The van der Waals surface area contributed by atoms with E-state index < -0.39 is 0 Å². The van der Waals surface area contributed by atoms with Gasteiger partial charge in [-0.3, -0.25) is 0 Å². The minimum Gasteiger partial charge on any atom is -0.323 e. The van der Waals surface area contributed by atoms with Gasteiger partial charge in [0.15, 0.2) is 0 Å². The Kier molecular flexibility index (Phi) is 3.60. The van der Waals surface area contributed by atoms with Crippen LogP contribution in [0.5, 0.6) is 0 Å². The van der Waals surface area contributed by atoms with Crippen LogP contribution in [0.1, 0.15) is 29.8 Å². The first-order chi connectivity index (χ1) is 8.11. The molecule has 1 unspecified atom stereocenters. The van der Waals surface area contributed by atoms with E-state index in [0.29, 0.717) is 0 Å². The predicted molar refractivity (Wildman–Crippen MR) is 71.7 cm³/mol. The first-order valence-corrected chi connectivity index (χ1v) is 6.55. The van der Waals surface area contributed by atoms with Gasteiger partial charge in [-0.1, -0.05) is 19.1 Å². The molecule has 1 atom stereocenters. The number of aryl methyl sites for hydroxylation is 1. The maximum absolute atomic E-state index is 12.9. The molecule has 0 saturated heterocycles. The lowest BCUT2D eigenvalue weighted by molar-refractivity contribution is 0.628. The molecule has 0 amide bonds. The van der Waals surface area contributed by atoms with Crippen LogP contribution in [0.3, 0.4) is 0 Å². The normalized spacial score (nSPS) is 12.7. The van der Waals surface area contributed by atoms with E-state index >= 15 is 0 Å². The van der Waals surface area contributed by atoms with Gasteiger partial charge in [-0.05, 0) is 42.7 Å². The molecule has 2 N–H and O–H groups in total. The molecule has 0 aliphatic carbocycles. The van der Waals surface area contributed by atoms with Crippen LogP contribution in [0.2, 0.25) is 0 Å². The Hall–Kier alpha value is -1.19. The highest BCUT2D eigenvalue weighted by atomic mass is 32.1. The van der Waals surface area contributed by atoms with Gasteiger partial charge in [-0.2, -0.15) is 0 Å². The summed E-state index contributed by atoms with van der Waals surface area (Å²) >= 11 is 1.70. The third kappa shape index (κ3) is 2.56. The Morgan fingerprint density at radius 1 is 1.29 bits per heavy atom. The molecule has 1 heterocycles. The van der Waals surface area contributed by atoms with E-state index in [4.69, 9.17) is 5.73 Å². The van der Waals surface area contributed by atoms with Crippen molar-refractivity contribution >= 4 is 11.3 Å². The molecule has 0 fully saturated rings. The second kappa shape index (κ2) is 4.98. The zero-order valence-corrected chi connectivity index (χ0v) is 10.9. The lowest BCUT2D eigenvalue weighted by atomic mass is 10.1. The van der Waals surface area contributed by atoms with E-state index in [-0.39, 0.29) is 11.9 Å². The predicted octanol–water partition coefficient (Wildman–Crippen LogP) is 4.27. The number of halogens is 1. The number of hydrogen-bond donors (Lipinski definition) is 1. The minimum atomic E-state index is -0.201. The van der Waals surface area contributed by atoms with Gasteiger partial charge < -0.3 is 5.73 Å². The number of nitrogens with two attached hydrogens (primary N) is 1. The largest absolute Gasteiger partial charge is 0.323 e. The Labute approximate surface area is 105 Å². The first kappa shape index (κ1) is 12.3. The maximum Gasteiger partial charge on any atom is 0.123 e. The average Bonchev–Trinajstić information content (AvgIpc) is 2.71. The number of thiophene rings is 1. The van der Waals surface area contributed by atoms with Crippen LogP contribution in [0, 0.1) is 12.7 Å². The summed E-state index contributed by atoms with van der Waals surface area (Å²) in [6, 6.07) is 8.86. The number of hydrogen-bond acceptors (Lipinski definition) is 2. The Morgan fingerprint density at radius 2 is 1.94 bits per heavy atom. The fourth-order valence-corrected chi connectivity index (χ4v) is 3.04. The van der Waals surface area contributed by atoms with Gasteiger partial charge in [-0.25, -0.2) is 4.39 Å². The SMILES string of the molecule is CCC(N)c1cc(C)c(-c2ccc(F)cc2)s1. The molecule has 0 aliphatic rings. The van der Waals surface area contributed by atoms with Crippen LogP contribution in [-0.4, -0.2) is 0 Å². The standard InChI is InChI=1S/C14H16FNS/c1-3-12(16)13-8-9(2)14(17-13)10-4-6-11(15)7-5-10/h4-8,12H,3,16H2,1-2H3. The fraction of sp³-hybridized carbons (Fsp3) is 0.286. The number of benzene rings is 1. The van der Waals surface area contributed by atoms with Crippen LogP contribution >= 0.6 is 11.3 Å². The third-order valence-corrected chi connectivity index (χ3v) is 4.27. The zero-order valence-electron chi connectivity index (χ0n) is 10.0. The second-order valence-corrected chi connectivity index (χ2v) is 5.27. The van der Waals surface area contributed by atoms with Gasteiger partial charge in [0, 0.05) is 15.8 Å². The highest BCUT2D eigenvalue weighted by Crippen LogP contribution is 2.35. The van der Waals surface area contributed by atoms with E-state index in [2.05, 4.69) is 19.9 Å². The van der Waals surface area contributed by atoms with Crippen LogP contribution < -0.4 is 5.73 Å². The molecule has 1 aromatic heterocycles. The summed E-state index contributed by atoms with van der Waals surface area (Å²) in [5, 5.41) is 0. The van der Waals surface area contributed by atoms with Crippen LogP contribution in [0.4, 0.5) is 4.39 Å². The van der Waals surface area contributed by atoms with Crippen LogP contribution in [0.15, 0.2) is 30.3 Å². The molecular formula is C14H16FNS. The summed E-state index contributed by atoms with van der Waals surface area (Å²) < 4.78 is 12.9. The summed E-state index contributed by atoms with van der Waals surface area (Å²) in [4.78, 5) is 2.38. The van der Waals surface area contributed by atoms with Crippen molar-refractivity contribution in [2.75, 3.05) is 0 Å². The Morgan fingerprint density at radius 3 is 2.53 bits per heavy atom. The van der Waals surface area contributed by atoms with Crippen LogP contribution in [0.25, 0.3) is 10.4 Å². The minimum absolute atomic E-state index is 0.105.